The summed E-state index contributed by atoms with van der Waals surface area (Å²) in [4.78, 5) is 33.0. The van der Waals surface area contributed by atoms with Gasteiger partial charge < -0.3 is 19.9 Å². The minimum absolute atomic E-state index is 0.203. The molecule has 1 amide bonds. The third-order valence-corrected chi connectivity index (χ3v) is 1.99. The Morgan fingerprint density at radius 3 is 2.28 bits per heavy atom. The predicted octanol–water partition coefficient (Wildman–Crippen LogP) is -0.208. The first-order valence-corrected chi connectivity index (χ1v) is 5.53. The highest BCUT2D eigenvalue weighted by Gasteiger charge is 2.22. The lowest BCUT2D eigenvalue weighted by Crippen LogP contribution is -2.44. The molecule has 0 heterocycles. The average Bonchev–Trinajstić information content (AvgIpc) is 2.25. The lowest BCUT2D eigenvalue weighted by Gasteiger charge is -2.18. The Hall–Kier alpha value is -1.63. The molecule has 2 N–H and O–H groups in total. The van der Waals surface area contributed by atoms with E-state index in [-0.39, 0.29) is 5.92 Å². The molecule has 0 aliphatic carbocycles. The van der Waals surface area contributed by atoms with Crippen LogP contribution < -0.4 is 5.32 Å². The third-order valence-electron chi connectivity index (χ3n) is 1.99. The number of carboxylic acids is 1. The Balaban J connectivity index is 4.18. The first kappa shape index (κ1) is 16.4. The van der Waals surface area contributed by atoms with Crippen LogP contribution in [0.15, 0.2) is 0 Å². The standard InChI is InChI=1S/C11H19NO6/c1-7(2)4-8(11(16)17-3)12-9(13)5-18-6-10(14)15/h7-8H,4-6H2,1-3H3,(H,12,13)(H,14,15). The summed E-state index contributed by atoms with van der Waals surface area (Å²) in [6, 6.07) is -0.740. The van der Waals surface area contributed by atoms with E-state index >= 15 is 0 Å². The van der Waals surface area contributed by atoms with E-state index in [2.05, 4.69) is 14.8 Å². The highest BCUT2D eigenvalue weighted by Crippen LogP contribution is 2.06. The van der Waals surface area contributed by atoms with Gasteiger partial charge in [-0.15, -0.1) is 0 Å². The number of hydrogen-bond donors (Lipinski definition) is 2. The van der Waals surface area contributed by atoms with Crippen molar-refractivity contribution in [2.45, 2.75) is 26.3 Å². The summed E-state index contributed by atoms with van der Waals surface area (Å²) >= 11 is 0. The van der Waals surface area contributed by atoms with Crippen molar-refractivity contribution in [3.63, 3.8) is 0 Å². The number of rotatable bonds is 8. The number of hydrogen-bond acceptors (Lipinski definition) is 5. The van der Waals surface area contributed by atoms with Crippen molar-refractivity contribution in [1.29, 1.82) is 0 Å². The SMILES string of the molecule is COC(=O)C(CC(C)C)NC(=O)COCC(=O)O. The largest absolute Gasteiger partial charge is 0.480 e. The number of esters is 1. The molecule has 0 aliphatic heterocycles. The van der Waals surface area contributed by atoms with Crippen LogP contribution in [0.25, 0.3) is 0 Å². The topological polar surface area (TPSA) is 102 Å². The maximum absolute atomic E-state index is 11.4. The van der Waals surface area contributed by atoms with Crippen molar-refractivity contribution in [3.8, 4) is 0 Å². The van der Waals surface area contributed by atoms with Crippen molar-refractivity contribution < 1.29 is 29.0 Å². The predicted molar refractivity (Wildman–Crippen MR) is 61.9 cm³/mol. The van der Waals surface area contributed by atoms with Gasteiger partial charge in [0.05, 0.1) is 7.11 Å². The first-order valence-electron chi connectivity index (χ1n) is 5.53. The van der Waals surface area contributed by atoms with Gasteiger partial charge >= 0.3 is 11.9 Å². The van der Waals surface area contributed by atoms with Gasteiger partial charge in [-0.3, -0.25) is 4.79 Å². The number of amides is 1. The summed E-state index contributed by atoms with van der Waals surface area (Å²) in [6.07, 6.45) is 0.442. The van der Waals surface area contributed by atoms with Crippen molar-refractivity contribution in [2.24, 2.45) is 5.92 Å². The molecule has 0 saturated heterocycles. The highest BCUT2D eigenvalue weighted by molar-refractivity contribution is 5.85. The fourth-order valence-electron chi connectivity index (χ4n) is 1.29. The van der Waals surface area contributed by atoms with Gasteiger partial charge in [-0.25, -0.2) is 9.59 Å². The number of carbonyl (C=O) groups is 3. The minimum Gasteiger partial charge on any atom is -0.480 e. The zero-order chi connectivity index (χ0) is 14.1. The summed E-state index contributed by atoms with van der Waals surface area (Å²) in [6.45, 7) is 2.85. The number of ether oxygens (including phenoxy) is 2. The van der Waals surface area contributed by atoms with E-state index in [0.717, 1.165) is 0 Å². The van der Waals surface area contributed by atoms with Crippen LogP contribution in [0.2, 0.25) is 0 Å². The highest BCUT2D eigenvalue weighted by atomic mass is 16.5. The summed E-state index contributed by atoms with van der Waals surface area (Å²) in [7, 11) is 1.24. The number of carboxylic acid groups (broad SMARTS) is 1. The second-order valence-corrected chi connectivity index (χ2v) is 4.16. The van der Waals surface area contributed by atoms with Crippen molar-refractivity contribution in [3.05, 3.63) is 0 Å². The number of methoxy groups -OCH3 is 1. The molecule has 0 radical (unpaired) electrons. The maximum atomic E-state index is 11.4. The van der Waals surface area contributed by atoms with E-state index in [9.17, 15) is 14.4 Å². The van der Waals surface area contributed by atoms with E-state index in [4.69, 9.17) is 5.11 Å². The van der Waals surface area contributed by atoms with Gasteiger partial charge in [0, 0.05) is 0 Å². The van der Waals surface area contributed by atoms with Gasteiger partial charge in [-0.05, 0) is 12.3 Å². The fourth-order valence-corrected chi connectivity index (χ4v) is 1.29. The molecule has 0 aliphatic rings. The first-order chi connectivity index (χ1) is 8.36. The summed E-state index contributed by atoms with van der Waals surface area (Å²) in [5.41, 5.74) is 0. The molecule has 7 heteroatoms. The van der Waals surface area contributed by atoms with Gasteiger partial charge in [-0.2, -0.15) is 0 Å². The van der Waals surface area contributed by atoms with Crippen molar-refractivity contribution in [2.75, 3.05) is 20.3 Å². The maximum Gasteiger partial charge on any atom is 0.329 e. The van der Waals surface area contributed by atoms with Gasteiger partial charge in [0.25, 0.3) is 0 Å². The molecule has 1 atom stereocenters. The minimum atomic E-state index is -1.16. The van der Waals surface area contributed by atoms with Crippen LogP contribution in [0.1, 0.15) is 20.3 Å². The van der Waals surface area contributed by atoms with Crippen molar-refractivity contribution in [1.82, 2.24) is 5.32 Å². The fraction of sp³-hybridized carbons (Fsp3) is 0.727. The van der Waals surface area contributed by atoms with Gasteiger partial charge in [0.1, 0.15) is 19.3 Å². The molecule has 18 heavy (non-hydrogen) atoms. The Bertz CT molecular complexity index is 302. The molecule has 0 aromatic carbocycles. The quantitative estimate of drug-likeness (QED) is 0.586. The number of aliphatic carboxylic acids is 1. The molecular weight excluding hydrogens is 242 g/mol. The molecule has 0 aromatic heterocycles. The monoisotopic (exact) mass is 261 g/mol. The van der Waals surface area contributed by atoms with E-state index < -0.39 is 37.1 Å². The van der Waals surface area contributed by atoms with E-state index in [1.165, 1.54) is 7.11 Å². The molecular formula is C11H19NO6. The average molecular weight is 261 g/mol. The van der Waals surface area contributed by atoms with Crippen LogP contribution >= 0.6 is 0 Å². The van der Waals surface area contributed by atoms with Crippen LogP contribution in [-0.2, 0) is 23.9 Å². The van der Waals surface area contributed by atoms with E-state index in [1.54, 1.807) is 0 Å². The van der Waals surface area contributed by atoms with Crippen LogP contribution in [0.4, 0.5) is 0 Å². The lowest BCUT2D eigenvalue weighted by atomic mass is 10.0. The second-order valence-electron chi connectivity index (χ2n) is 4.16. The summed E-state index contributed by atoms with van der Waals surface area (Å²) in [5, 5.41) is 10.8. The second kappa shape index (κ2) is 8.46. The zero-order valence-electron chi connectivity index (χ0n) is 10.8. The molecule has 104 valence electrons. The molecule has 1 unspecified atom stereocenters. The Morgan fingerprint density at radius 2 is 1.83 bits per heavy atom. The molecule has 0 rings (SSSR count). The van der Waals surface area contributed by atoms with E-state index in [0.29, 0.717) is 6.42 Å². The summed E-state index contributed by atoms with van der Waals surface area (Å²) in [5.74, 6) is -2.04. The normalized spacial score (nSPS) is 12.0. The molecule has 0 aromatic rings. The molecule has 0 bridgehead atoms. The third kappa shape index (κ3) is 7.61. The molecule has 7 nitrogen and oxygen atoms in total. The van der Waals surface area contributed by atoms with Crippen LogP contribution in [0, 0.1) is 5.92 Å². The van der Waals surface area contributed by atoms with Gasteiger partial charge in [0.15, 0.2) is 0 Å². The van der Waals surface area contributed by atoms with E-state index in [1.807, 2.05) is 13.8 Å². The number of carbonyl (C=O) groups excluding carboxylic acids is 2. The summed E-state index contributed by atoms with van der Waals surface area (Å²) < 4.78 is 9.18. The van der Waals surface area contributed by atoms with Gasteiger partial charge in [0.2, 0.25) is 5.91 Å². The van der Waals surface area contributed by atoms with Crippen molar-refractivity contribution >= 4 is 17.8 Å². The van der Waals surface area contributed by atoms with Crippen LogP contribution in [-0.4, -0.2) is 49.3 Å². The van der Waals surface area contributed by atoms with Crippen LogP contribution in [0.3, 0.4) is 0 Å². The zero-order valence-corrected chi connectivity index (χ0v) is 10.8. The molecule has 0 saturated carbocycles. The van der Waals surface area contributed by atoms with Crippen LogP contribution in [0.5, 0.6) is 0 Å². The Labute approximate surface area is 105 Å². The lowest BCUT2D eigenvalue weighted by molar-refractivity contribution is -0.148. The smallest absolute Gasteiger partial charge is 0.329 e. The molecule has 0 fully saturated rings. The number of nitrogens with one attached hydrogen (secondary N) is 1. The Morgan fingerprint density at radius 1 is 1.22 bits per heavy atom. The molecule has 0 spiro atoms. The van der Waals surface area contributed by atoms with Gasteiger partial charge in [-0.1, -0.05) is 13.8 Å². The Kier molecular flexibility index (Phi) is 7.69.